The molecule has 1 aromatic rings. The lowest BCUT2D eigenvalue weighted by Crippen LogP contribution is -2.33. The topological polar surface area (TPSA) is 38.5 Å². The number of nitrogens with zero attached hydrogens (tertiary/aromatic N) is 1. The summed E-state index contributed by atoms with van der Waals surface area (Å²) in [5.74, 6) is 0. The van der Waals surface area contributed by atoms with Gasteiger partial charge in [-0.05, 0) is 37.6 Å². The van der Waals surface area contributed by atoms with Gasteiger partial charge in [0.15, 0.2) is 0 Å². The van der Waals surface area contributed by atoms with Gasteiger partial charge in [-0.3, -0.25) is 0 Å². The second-order valence-electron chi connectivity index (χ2n) is 3.96. The maximum absolute atomic E-state index is 5.72. The normalized spacial score (nSPS) is 12.5. The van der Waals surface area contributed by atoms with Gasteiger partial charge in [0.2, 0.25) is 0 Å². The van der Waals surface area contributed by atoms with Crippen molar-refractivity contribution >= 4 is 11.4 Å². The number of nitrogens with two attached hydrogens (primary N) is 1. The molecule has 1 unspecified atom stereocenters. The molecule has 0 fully saturated rings. The van der Waals surface area contributed by atoms with E-state index < -0.39 is 0 Å². The van der Waals surface area contributed by atoms with Gasteiger partial charge in [-0.1, -0.05) is 0 Å². The zero-order valence-corrected chi connectivity index (χ0v) is 9.95. The van der Waals surface area contributed by atoms with Gasteiger partial charge in [-0.15, -0.1) is 0 Å². The Hall–Kier alpha value is -1.22. The van der Waals surface area contributed by atoms with E-state index in [-0.39, 0.29) is 0 Å². The quantitative estimate of drug-likeness (QED) is 0.770. The predicted octanol–water partition coefficient (Wildman–Crippen LogP) is 2.05. The van der Waals surface area contributed by atoms with Crippen molar-refractivity contribution in [2.24, 2.45) is 0 Å². The van der Waals surface area contributed by atoms with Crippen LogP contribution in [0.3, 0.4) is 0 Å². The van der Waals surface area contributed by atoms with Gasteiger partial charge in [0, 0.05) is 31.6 Å². The Balaban J connectivity index is 2.86. The smallest absolute Gasteiger partial charge is 0.0663 e. The molecule has 1 rings (SSSR count). The summed E-state index contributed by atoms with van der Waals surface area (Å²) < 4.78 is 5.14. The van der Waals surface area contributed by atoms with Crippen LogP contribution in [0.25, 0.3) is 0 Å². The summed E-state index contributed by atoms with van der Waals surface area (Å²) in [7, 11) is 3.79. The number of rotatable bonds is 4. The monoisotopic (exact) mass is 208 g/mol. The molecule has 0 bridgehead atoms. The lowest BCUT2D eigenvalue weighted by molar-refractivity contribution is 0.183. The second-order valence-corrected chi connectivity index (χ2v) is 3.96. The lowest BCUT2D eigenvalue weighted by Gasteiger charge is -2.28. The maximum atomic E-state index is 5.72. The third-order valence-electron chi connectivity index (χ3n) is 2.67. The highest BCUT2D eigenvalue weighted by Gasteiger charge is 2.11. The number of ether oxygens (including phenoxy) is 1. The number of methoxy groups -OCH3 is 1. The average molecular weight is 208 g/mol. The third kappa shape index (κ3) is 2.86. The van der Waals surface area contributed by atoms with E-state index in [1.807, 2.05) is 12.1 Å². The van der Waals surface area contributed by atoms with Gasteiger partial charge >= 0.3 is 0 Å². The van der Waals surface area contributed by atoms with Crippen molar-refractivity contribution in [3.63, 3.8) is 0 Å². The summed E-state index contributed by atoms with van der Waals surface area (Å²) in [5, 5.41) is 0. The van der Waals surface area contributed by atoms with E-state index in [4.69, 9.17) is 10.5 Å². The van der Waals surface area contributed by atoms with E-state index in [0.717, 1.165) is 12.3 Å². The number of aryl methyl sites for hydroxylation is 1. The van der Waals surface area contributed by atoms with Gasteiger partial charge in [0.1, 0.15) is 0 Å². The third-order valence-corrected chi connectivity index (χ3v) is 2.67. The Bertz CT molecular complexity index is 325. The molecule has 0 saturated carbocycles. The number of hydrogen-bond acceptors (Lipinski definition) is 3. The molecule has 3 nitrogen and oxygen atoms in total. The number of hydrogen-bond donors (Lipinski definition) is 1. The van der Waals surface area contributed by atoms with Crippen molar-refractivity contribution in [2.75, 3.05) is 31.4 Å². The van der Waals surface area contributed by atoms with Crippen molar-refractivity contribution in [3.8, 4) is 0 Å². The van der Waals surface area contributed by atoms with Gasteiger partial charge in [-0.25, -0.2) is 0 Å². The molecule has 0 radical (unpaired) electrons. The second kappa shape index (κ2) is 5.03. The molecule has 0 aromatic heterocycles. The molecule has 0 saturated heterocycles. The van der Waals surface area contributed by atoms with Crippen LogP contribution in [-0.2, 0) is 4.74 Å². The highest BCUT2D eigenvalue weighted by atomic mass is 16.5. The first-order valence-corrected chi connectivity index (χ1v) is 5.14. The van der Waals surface area contributed by atoms with Crippen molar-refractivity contribution in [3.05, 3.63) is 23.8 Å². The number of nitrogen functional groups attached to an aromatic ring is 1. The SMILES string of the molecule is COCC(C)N(C)c1ccc(N)cc1C. The Labute approximate surface area is 91.8 Å². The summed E-state index contributed by atoms with van der Waals surface area (Å²) in [5.41, 5.74) is 8.93. The molecule has 3 heteroatoms. The predicted molar refractivity (Wildman–Crippen MR) is 65.3 cm³/mol. The molecule has 0 spiro atoms. The van der Waals surface area contributed by atoms with Crippen LogP contribution in [0.15, 0.2) is 18.2 Å². The summed E-state index contributed by atoms with van der Waals surface area (Å²) in [6, 6.07) is 6.33. The Morgan fingerprint density at radius 3 is 2.67 bits per heavy atom. The van der Waals surface area contributed by atoms with Crippen LogP contribution in [-0.4, -0.2) is 26.8 Å². The van der Waals surface area contributed by atoms with Crippen molar-refractivity contribution in [1.82, 2.24) is 0 Å². The van der Waals surface area contributed by atoms with Crippen molar-refractivity contribution < 1.29 is 4.74 Å². The van der Waals surface area contributed by atoms with Crippen molar-refractivity contribution in [1.29, 1.82) is 0 Å². The average Bonchev–Trinajstić information content (AvgIpc) is 2.17. The Kier molecular flexibility index (Phi) is 3.97. The fourth-order valence-electron chi connectivity index (χ4n) is 1.66. The van der Waals surface area contributed by atoms with E-state index in [1.165, 1.54) is 11.3 Å². The number of benzene rings is 1. The largest absolute Gasteiger partial charge is 0.399 e. The Morgan fingerprint density at radius 1 is 1.47 bits per heavy atom. The highest BCUT2D eigenvalue weighted by molar-refractivity contribution is 5.59. The van der Waals surface area contributed by atoms with E-state index >= 15 is 0 Å². The molecular formula is C12H20N2O. The lowest BCUT2D eigenvalue weighted by atomic mass is 10.1. The number of anilines is 2. The zero-order chi connectivity index (χ0) is 11.4. The van der Waals surface area contributed by atoms with Crippen LogP contribution >= 0.6 is 0 Å². The van der Waals surface area contributed by atoms with Crippen molar-refractivity contribution in [2.45, 2.75) is 19.9 Å². The minimum atomic E-state index is 0.359. The first kappa shape index (κ1) is 11.9. The van der Waals surface area contributed by atoms with Crippen LogP contribution in [0, 0.1) is 6.92 Å². The maximum Gasteiger partial charge on any atom is 0.0663 e. The molecule has 15 heavy (non-hydrogen) atoms. The molecule has 1 aromatic carbocycles. The van der Waals surface area contributed by atoms with E-state index in [2.05, 4.69) is 31.9 Å². The summed E-state index contributed by atoms with van der Waals surface area (Å²) in [4.78, 5) is 2.21. The molecule has 0 heterocycles. The fraction of sp³-hybridized carbons (Fsp3) is 0.500. The molecule has 0 aliphatic rings. The molecule has 2 N–H and O–H groups in total. The van der Waals surface area contributed by atoms with Gasteiger partial charge in [-0.2, -0.15) is 0 Å². The van der Waals surface area contributed by atoms with E-state index in [9.17, 15) is 0 Å². The van der Waals surface area contributed by atoms with Crippen LogP contribution < -0.4 is 10.6 Å². The molecular weight excluding hydrogens is 188 g/mol. The number of likely N-dealkylation sites (N-methyl/N-ethyl adjacent to an activating group) is 1. The zero-order valence-electron chi connectivity index (χ0n) is 9.95. The van der Waals surface area contributed by atoms with Crippen LogP contribution in [0.2, 0.25) is 0 Å². The minimum Gasteiger partial charge on any atom is -0.399 e. The van der Waals surface area contributed by atoms with Crippen LogP contribution in [0.5, 0.6) is 0 Å². The minimum absolute atomic E-state index is 0.359. The van der Waals surface area contributed by atoms with E-state index in [0.29, 0.717) is 6.04 Å². The fourth-order valence-corrected chi connectivity index (χ4v) is 1.66. The summed E-state index contributed by atoms with van der Waals surface area (Å²) >= 11 is 0. The van der Waals surface area contributed by atoms with Crippen LogP contribution in [0.1, 0.15) is 12.5 Å². The first-order valence-electron chi connectivity index (χ1n) is 5.14. The van der Waals surface area contributed by atoms with E-state index in [1.54, 1.807) is 7.11 Å². The first-order chi connectivity index (χ1) is 7.06. The summed E-state index contributed by atoms with van der Waals surface area (Å²) in [6.07, 6.45) is 0. The van der Waals surface area contributed by atoms with Gasteiger partial charge in [0.05, 0.1) is 6.61 Å². The Morgan fingerprint density at radius 2 is 2.13 bits per heavy atom. The molecule has 0 aliphatic carbocycles. The molecule has 0 amide bonds. The molecule has 1 atom stereocenters. The van der Waals surface area contributed by atoms with Gasteiger partial charge in [0.25, 0.3) is 0 Å². The summed E-state index contributed by atoms with van der Waals surface area (Å²) in [6.45, 7) is 4.93. The van der Waals surface area contributed by atoms with Crippen LogP contribution in [0.4, 0.5) is 11.4 Å². The highest BCUT2D eigenvalue weighted by Crippen LogP contribution is 2.22. The standard InChI is InChI=1S/C12H20N2O/c1-9-7-11(13)5-6-12(9)14(3)10(2)8-15-4/h5-7,10H,8,13H2,1-4H3. The molecule has 0 aliphatic heterocycles. The molecule has 84 valence electrons. The van der Waals surface area contributed by atoms with Gasteiger partial charge < -0.3 is 15.4 Å².